The van der Waals surface area contributed by atoms with Gasteiger partial charge in [0.25, 0.3) is 0 Å². The fraction of sp³-hybridized carbons (Fsp3) is 0.611. The summed E-state index contributed by atoms with van der Waals surface area (Å²) in [6, 6.07) is 5.39. The molecule has 1 spiro atoms. The lowest BCUT2D eigenvalue weighted by Crippen LogP contribution is -2.56. The van der Waals surface area contributed by atoms with Crippen molar-refractivity contribution in [1.82, 2.24) is 9.80 Å². The van der Waals surface area contributed by atoms with Gasteiger partial charge in [-0.3, -0.25) is 9.69 Å². The van der Waals surface area contributed by atoms with Gasteiger partial charge in [-0.25, -0.2) is 4.39 Å². The van der Waals surface area contributed by atoms with Gasteiger partial charge in [0.2, 0.25) is 6.41 Å². The van der Waals surface area contributed by atoms with Gasteiger partial charge >= 0.3 is 0 Å². The van der Waals surface area contributed by atoms with Crippen LogP contribution in [0.15, 0.2) is 18.2 Å². The summed E-state index contributed by atoms with van der Waals surface area (Å²) in [4.78, 5) is 15.0. The third kappa shape index (κ3) is 3.77. The van der Waals surface area contributed by atoms with Gasteiger partial charge in [-0.2, -0.15) is 0 Å². The van der Waals surface area contributed by atoms with E-state index in [-0.39, 0.29) is 18.0 Å². The molecule has 1 aromatic rings. The zero-order valence-electron chi connectivity index (χ0n) is 13.9. The minimum Gasteiger partial charge on any atom is -0.396 e. The average Bonchev–Trinajstić information content (AvgIpc) is 2.61. The predicted molar refractivity (Wildman–Crippen MR) is 88.0 cm³/mol. The highest BCUT2D eigenvalue weighted by Gasteiger charge is 2.39. The zero-order chi connectivity index (χ0) is 17.0. The second-order valence-electron chi connectivity index (χ2n) is 6.75. The van der Waals surface area contributed by atoms with Gasteiger partial charge in [0.15, 0.2) is 0 Å². The van der Waals surface area contributed by atoms with Crippen LogP contribution in [0.4, 0.5) is 4.39 Å². The van der Waals surface area contributed by atoms with E-state index in [0.717, 1.165) is 32.3 Å². The van der Waals surface area contributed by atoms with E-state index >= 15 is 0 Å². The van der Waals surface area contributed by atoms with Crippen LogP contribution >= 0.6 is 0 Å². The van der Waals surface area contributed by atoms with E-state index in [1.54, 1.807) is 11.0 Å². The zero-order valence-corrected chi connectivity index (χ0v) is 13.9. The molecule has 2 heterocycles. The molecule has 1 amide bonds. The van der Waals surface area contributed by atoms with Crippen LogP contribution in [0.3, 0.4) is 0 Å². The molecule has 0 saturated carbocycles. The molecule has 24 heavy (non-hydrogen) atoms. The van der Waals surface area contributed by atoms with E-state index in [1.165, 1.54) is 0 Å². The number of amides is 1. The second kappa shape index (κ2) is 7.59. The highest BCUT2D eigenvalue weighted by atomic mass is 19.1. The summed E-state index contributed by atoms with van der Waals surface area (Å²) in [5, 5.41) is 9.02. The number of aliphatic hydroxyl groups excluding tert-OH is 1. The first-order valence-corrected chi connectivity index (χ1v) is 8.58. The molecule has 6 heteroatoms. The maximum atomic E-state index is 14.5. The summed E-state index contributed by atoms with van der Waals surface area (Å²) in [6.07, 6.45) is 2.96. The summed E-state index contributed by atoms with van der Waals surface area (Å²) in [7, 11) is 0. The first-order valence-electron chi connectivity index (χ1n) is 8.58. The third-order valence-electron chi connectivity index (χ3n) is 5.13. The Balaban J connectivity index is 1.60. The van der Waals surface area contributed by atoms with E-state index in [1.807, 2.05) is 12.1 Å². The topological polar surface area (TPSA) is 53.0 Å². The summed E-state index contributed by atoms with van der Waals surface area (Å²) in [5.41, 5.74) is 1.02. The SMILES string of the molecule is O=CN1CCOC2(CCN(Cc3cccc(CCO)c3F)CC2)C1. The molecule has 3 rings (SSSR count). The van der Waals surface area contributed by atoms with Gasteiger partial charge in [0, 0.05) is 44.9 Å². The summed E-state index contributed by atoms with van der Waals surface area (Å²) in [6.45, 7) is 4.10. The number of benzene rings is 1. The van der Waals surface area contributed by atoms with Gasteiger partial charge < -0.3 is 14.7 Å². The number of halogens is 1. The van der Waals surface area contributed by atoms with Crippen LogP contribution in [-0.4, -0.2) is 66.3 Å². The number of morpholine rings is 1. The molecule has 1 N–H and O–H groups in total. The number of nitrogens with zero attached hydrogens (tertiary/aromatic N) is 2. The van der Waals surface area contributed by atoms with Crippen LogP contribution in [0.1, 0.15) is 24.0 Å². The normalized spacial score (nSPS) is 21.2. The molecular weight excluding hydrogens is 311 g/mol. The van der Waals surface area contributed by atoms with Crippen molar-refractivity contribution < 1.29 is 19.0 Å². The molecule has 0 aromatic heterocycles. The highest BCUT2D eigenvalue weighted by Crippen LogP contribution is 2.30. The Kier molecular flexibility index (Phi) is 5.48. The molecule has 0 unspecified atom stereocenters. The number of hydrogen-bond donors (Lipinski definition) is 1. The van der Waals surface area contributed by atoms with Crippen molar-refractivity contribution in [3.05, 3.63) is 35.1 Å². The standard InChI is InChI=1S/C18H25FN2O3/c19-17-15(4-10-22)2-1-3-16(17)12-20-7-5-18(6-8-20)13-21(14-23)9-11-24-18/h1-3,14,22H,4-13H2. The van der Waals surface area contributed by atoms with Crippen LogP contribution in [0, 0.1) is 5.82 Å². The van der Waals surface area contributed by atoms with Crippen LogP contribution in [0.25, 0.3) is 0 Å². The molecule has 2 aliphatic rings. The lowest BCUT2D eigenvalue weighted by atomic mass is 9.89. The maximum absolute atomic E-state index is 14.5. The van der Waals surface area contributed by atoms with E-state index in [2.05, 4.69) is 4.90 Å². The molecule has 0 aliphatic carbocycles. The number of likely N-dealkylation sites (tertiary alicyclic amines) is 1. The first kappa shape index (κ1) is 17.3. The largest absolute Gasteiger partial charge is 0.396 e. The first-order chi connectivity index (χ1) is 11.7. The minimum absolute atomic E-state index is 0.0445. The van der Waals surface area contributed by atoms with Crippen LogP contribution in [0.5, 0.6) is 0 Å². The number of ether oxygens (including phenoxy) is 1. The Bertz CT molecular complexity index is 573. The van der Waals surface area contributed by atoms with Gasteiger partial charge in [0.05, 0.1) is 12.2 Å². The molecule has 2 aliphatic heterocycles. The van der Waals surface area contributed by atoms with Crippen LogP contribution in [-0.2, 0) is 22.5 Å². The Morgan fingerprint density at radius 2 is 2.00 bits per heavy atom. The van der Waals surface area contributed by atoms with Crippen LogP contribution < -0.4 is 0 Å². The fourth-order valence-electron chi connectivity index (χ4n) is 3.69. The molecule has 0 radical (unpaired) electrons. The van der Waals surface area contributed by atoms with Crippen molar-refractivity contribution in [2.45, 2.75) is 31.4 Å². The monoisotopic (exact) mass is 336 g/mol. The van der Waals surface area contributed by atoms with Crippen LogP contribution in [0.2, 0.25) is 0 Å². The highest BCUT2D eigenvalue weighted by molar-refractivity contribution is 5.47. The van der Waals surface area contributed by atoms with Gasteiger partial charge in [-0.05, 0) is 24.8 Å². The number of aliphatic hydroxyl groups is 1. The van der Waals surface area contributed by atoms with Gasteiger partial charge in [-0.15, -0.1) is 0 Å². The molecule has 2 fully saturated rings. The Morgan fingerprint density at radius 3 is 2.71 bits per heavy atom. The molecule has 132 valence electrons. The predicted octanol–water partition coefficient (Wildman–Crippen LogP) is 1.18. The fourth-order valence-corrected chi connectivity index (χ4v) is 3.69. The van der Waals surface area contributed by atoms with Crippen molar-refractivity contribution in [1.29, 1.82) is 0 Å². The number of piperidine rings is 1. The summed E-state index contributed by atoms with van der Waals surface area (Å²) in [5.74, 6) is -0.201. The van der Waals surface area contributed by atoms with Crippen molar-refractivity contribution in [3.63, 3.8) is 0 Å². The number of rotatable bonds is 5. The van der Waals surface area contributed by atoms with E-state index in [0.29, 0.717) is 43.8 Å². The Hall–Kier alpha value is -1.50. The number of hydrogen-bond acceptors (Lipinski definition) is 4. The molecule has 1 aromatic carbocycles. The lowest BCUT2D eigenvalue weighted by Gasteiger charge is -2.46. The lowest BCUT2D eigenvalue weighted by molar-refractivity contribution is -0.150. The Morgan fingerprint density at radius 1 is 1.25 bits per heavy atom. The Labute approximate surface area is 142 Å². The quantitative estimate of drug-likeness (QED) is 0.821. The van der Waals surface area contributed by atoms with Crippen molar-refractivity contribution >= 4 is 6.41 Å². The van der Waals surface area contributed by atoms with Gasteiger partial charge in [-0.1, -0.05) is 18.2 Å². The molecule has 0 bridgehead atoms. The average molecular weight is 336 g/mol. The van der Waals surface area contributed by atoms with Gasteiger partial charge in [0.1, 0.15) is 5.82 Å². The molecule has 5 nitrogen and oxygen atoms in total. The van der Waals surface area contributed by atoms with Crippen molar-refractivity contribution in [2.75, 3.05) is 39.4 Å². The summed E-state index contributed by atoms with van der Waals surface area (Å²) < 4.78 is 20.4. The molecule has 0 atom stereocenters. The van der Waals surface area contributed by atoms with Crippen molar-refractivity contribution in [2.24, 2.45) is 0 Å². The molecular formula is C18H25FN2O3. The maximum Gasteiger partial charge on any atom is 0.209 e. The minimum atomic E-state index is -0.229. The summed E-state index contributed by atoms with van der Waals surface area (Å²) >= 11 is 0. The smallest absolute Gasteiger partial charge is 0.209 e. The van der Waals surface area contributed by atoms with Crippen molar-refractivity contribution in [3.8, 4) is 0 Å². The second-order valence-corrected chi connectivity index (χ2v) is 6.75. The number of carbonyl (C=O) groups is 1. The van der Waals surface area contributed by atoms with E-state index in [4.69, 9.17) is 9.84 Å². The van der Waals surface area contributed by atoms with E-state index < -0.39 is 0 Å². The number of carbonyl (C=O) groups excluding carboxylic acids is 1. The third-order valence-corrected chi connectivity index (χ3v) is 5.13. The molecule has 2 saturated heterocycles. The van der Waals surface area contributed by atoms with E-state index in [9.17, 15) is 9.18 Å².